The topological polar surface area (TPSA) is 196 Å². The molecule has 4 amide bonds. The number of nitrogens with zero attached hydrogens (tertiary/aromatic N) is 5. The smallest absolute Gasteiger partial charge is 0.293 e. The summed E-state index contributed by atoms with van der Waals surface area (Å²) in [6.07, 6.45) is 3.73. The third-order valence-electron chi connectivity index (χ3n) is 10.1. The maximum absolute atomic E-state index is 12.9. The number of anilines is 3. The molecule has 7 rings (SSSR count). The molecule has 1 atom stereocenters. The van der Waals surface area contributed by atoms with E-state index in [0.717, 1.165) is 23.8 Å². The Labute approximate surface area is 332 Å². The van der Waals surface area contributed by atoms with E-state index in [1.807, 2.05) is 24.3 Å². The second-order valence-corrected chi connectivity index (χ2v) is 14.2. The van der Waals surface area contributed by atoms with E-state index in [1.165, 1.54) is 16.5 Å². The predicted octanol–water partition coefficient (Wildman–Crippen LogP) is 2.69. The van der Waals surface area contributed by atoms with Crippen LogP contribution in [0, 0.1) is 0 Å². The van der Waals surface area contributed by atoms with Gasteiger partial charge in [0.15, 0.2) is 18.2 Å². The summed E-state index contributed by atoms with van der Waals surface area (Å²) in [6.45, 7) is 2.93. The third-order valence-corrected chi connectivity index (χ3v) is 10.4. The van der Waals surface area contributed by atoms with Crippen LogP contribution in [0.15, 0.2) is 53.5 Å². The number of pyridine rings is 1. The van der Waals surface area contributed by atoms with Crippen molar-refractivity contribution < 1.29 is 38.1 Å². The Kier molecular flexibility index (Phi) is 12.2. The largest absolute Gasteiger partial charge is 0.491 e. The molecule has 3 N–H and O–H groups in total. The monoisotopic (exact) mass is 802 g/mol. The lowest BCUT2D eigenvalue weighted by atomic mass is 10.0. The minimum absolute atomic E-state index is 0.0649. The maximum atomic E-state index is 12.9. The quantitative estimate of drug-likeness (QED) is 0.117. The molecule has 57 heavy (non-hydrogen) atoms. The Hall–Kier alpha value is -5.78. The van der Waals surface area contributed by atoms with E-state index in [4.69, 9.17) is 35.5 Å². The molecule has 4 aromatic rings. The Bertz CT molecular complexity index is 2240. The molecule has 0 aliphatic carbocycles. The lowest BCUT2D eigenvalue weighted by molar-refractivity contribution is -0.137. The number of amides is 4. The van der Waals surface area contributed by atoms with Crippen molar-refractivity contribution in [2.24, 2.45) is 7.05 Å². The van der Waals surface area contributed by atoms with Crippen LogP contribution in [0.3, 0.4) is 0 Å². The van der Waals surface area contributed by atoms with Gasteiger partial charge in [0.1, 0.15) is 23.4 Å². The molecule has 17 nitrogen and oxygen atoms in total. The van der Waals surface area contributed by atoms with E-state index in [9.17, 15) is 24.0 Å². The first-order valence-corrected chi connectivity index (χ1v) is 19.1. The van der Waals surface area contributed by atoms with E-state index < -0.39 is 11.9 Å². The van der Waals surface area contributed by atoms with Crippen LogP contribution in [-0.4, -0.2) is 108 Å². The fraction of sp³-hybridized carbons (Fsp3) is 0.410. The molecule has 5 heterocycles. The van der Waals surface area contributed by atoms with Crippen LogP contribution in [0.5, 0.6) is 11.5 Å². The van der Waals surface area contributed by atoms with Crippen LogP contribution in [0.25, 0.3) is 10.9 Å². The number of carbonyl (C=O) groups excluding carboxylic acids is 4. The Morgan fingerprint density at radius 1 is 0.982 bits per heavy atom. The van der Waals surface area contributed by atoms with Crippen molar-refractivity contribution in [2.45, 2.75) is 44.4 Å². The van der Waals surface area contributed by atoms with Crippen molar-refractivity contribution in [1.82, 2.24) is 30.1 Å². The maximum Gasteiger partial charge on any atom is 0.293 e. The van der Waals surface area contributed by atoms with Crippen LogP contribution in [0.2, 0.25) is 5.02 Å². The van der Waals surface area contributed by atoms with Crippen molar-refractivity contribution in [1.29, 1.82) is 0 Å². The number of hydrogen-bond donors (Lipinski definition) is 3. The van der Waals surface area contributed by atoms with Crippen LogP contribution < -0.4 is 35.9 Å². The molecular weight excluding hydrogens is 760 g/mol. The number of piperidine rings is 2. The van der Waals surface area contributed by atoms with Crippen molar-refractivity contribution >= 4 is 63.6 Å². The number of nitrogens with one attached hydrogen (secondary N) is 3. The number of hydrogen-bond acceptors (Lipinski definition) is 13. The van der Waals surface area contributed by atoms with Gasteiger partial charge >= 0.3 is 0 Å². The van der Waals surface area contributed by atoms with E-state index in [2.05, 4.69) is 25.8 Å². The number of halogens is 1. The average molecular weight is 803 g/mol. The second kappa shape index (κ2) is 17.6. The van der Waals surface area contributed by atoms with E-state index in [0.29, 0.717) is 85.2 Å². The van der Waals surface area contributed by atoms with Crippen molar-refractivity contribution in [3.63, 3.8) is 0 Å². The first-order valence-electron chi connectivity index (χ1n) is 18.7. The Morgan fingerprint density at radius 3 is 2.58 bits per heavy atom. The van der Waals surface area contributed by atoms with Gasteiger partial charge < -0.3 is 43.9 Å². The Morgan fingerprint density at radius 2 is 1.79 bits per heavy atom. The number of benzene rings is 2. The molecule has 2 aromatic heterocycles. The second-order valence-electron chi connectivity index (χ2n) is 13.8. The fourth-order valence-corrected chi connectivity index (χ4v) is 7.18. The summed E-state index contributed by atoms with van der Waals surface area (Å²) in [5.74, 6) is 0.323. The molecule has 1 unspecified atom stereocenters. The van der Waals surface area contributed by atoms with Crippen molar-refractivity contribution in [3.8, 4) is 11.5 Å². The SMILES string of the molecule is CNC(=O)COc1cc2cc(Nc3nc(N4CCC(OCCOCCOc5ccc6c(c5)CN(C5CCC(=O)NC5=O)C6=O)CC4)ncc3Cl)ccc2n(C)c1=O. The zero-order valence-corrected chi connectivity index (χ0v) is 32.3. The number of imide groups is 1. The molecule has 2 aromatic carbocycles. The van der Waals surface area contributed by atoms with Crippen LogP contribution in [0.4, 0.5) is 17.5 Å². The highest BCUT2D eigenvalue weighted by Crippen LogP contribution is 2.31. The summed E-state index contributed by atoms with van der Waals surface area (Å²) in [4.78, 5) is 73.9. The minimum atomic E-state index is -0.657. The number of aromatic nitrogens is 3. The zero-order valence-electron chi connectivity index (χ0n) is 31.5. The molecule has 3 aliphatic rings. The van der Waals surface area contributed by atoms with Gasteiger partial charge in [-0.2, -0.15) is 4.98 Å². The summed E-state index contributed by atoms with van der Waals surface area (Å²) in [6, 6.07) is 11.7. The van der Waals surface area contributed by atoms with Gasteiger partial charge in [-0.1, -0.05) is 11.6 Å². The highest BCUT2D eigenvalue weighted by atomic mass is 35.5. The first kappa shape index (κ1) is 39.5. The van der Waals surface area contributed by atoms with Gasteiger partial charge in [-0.15, -0.1) is 0 Å². The predicted molar refractivity (Wildman–Crippen MR) is 209 cm³/mol. The highest BCUT2D eigenvalue weighted by Gasteiger charge is 2.39. The van der Waals surface area contributed by atoms with Crippen molar-refractivity contribution in [3.05, 3.63) is 75.2 Å². The fourth-order valence-electron chi connectivity index (χ4n) is 7.04. The number of rotatable bonds is 15. The number of carbonyl (C=O) groups is 4. The molecule has 3 aliphatic heterocycles. The highest BCUT2D eigenvalue weighted by molar-refractivity contribution is 6.33. The van der Waals surface area contributed by atoms with Gasteiger partial charge in [-0.3, -0.25) is 29.3 Å². The van der Waals surface area contributed by atoms with Gasteiger partial charge in [0.05, 0.1) is 37.6 Å². The summed E-state index contributed by atoms with van der Waals surface area (Å²) < 4.78 is 24.6. The van der Waals surface area contributed by atoms with E-state index in [1.54, 1.807) is 31.4 Å². The normalized spacial score (nSPS) is 17.1. The summed E-state index contributed by atoms with van der Waals surface area (Å²) in [5.41, 5.74) is 2.34. The standard InChI is InChI=1S/C39H43ClN8O9/c1-41-34(50)22-57-32-19-23-17-25(3-6-30(23)46(2)38(32)53)43-35-29(40)20-42-39(45-35)47-11-9-26(10-12-47)55-15-13-54-14-16-56-27-4-5-28-24(18-27)21-48(37(28)52)31-7-8-33(49)44-36(31)51/h3-6,17-20,26,31H,7-16,21-22H2,1-2H3,(H,41,50)(H,42,43,45)(H,44,49,51). The van der Waals surface area contributed by atoms with Crippen LogP contribution >= 0.6 is 11.6 Å². The van der Waals surface area contributed by atoms with E-state index in [-0.39, 0.29) is 54.7 Å². The van der Waals surface area contributed by atoms with Gasteiger partial charge in [0.2, 0.25) is 17.8 Å². The molecule has 0 saturated carbocycles. The molecule has 0 spiro atoms. The van der Waals surface area contributed by atoms with Gasteiger partial charge in [-0.25, -0.2) is 4.98 Å². The van der Waals surface area contributed by atoms with Crippen LogP contribution in [0.1, 0.15) is 41.6 Å². The average Bonchev–Trinajstić information content (AvgIpc) is 3.53. The zero-order chi connectivity index (χ0) is 40.1. The summed E-state index contributed by atoms with van der Waals surface area (Å²) in [7, 11) is 3.14. The van der Waals surface area contributed by atoms with Crippen molar-refractivity contribution in [2.75, 3.05) is 63.4 Å². The first-order chi connectivity index (χ1) is 27.6. The van der Waals surface area contributed by atoms with Crippen LogP contribution in [-0.2, 0) is 37.4 Å². The Balaban J connectivity index is 0.828. The van der Waals surface area contributed by atoms with Gasteiger partial charge in [0.25, 0.3) is 17.4 Å². The summed E-state index contributed by atoms with van der Waals surface area (Å²) in [5, 5.41) is 9.12. The number of ether oxygens (including phenoxy) is 4. The number of aryl methyl sites for hydroxylation is 1. The molecule has 0 radical (unpaired) electrons. The third kappa shape index (κ3) is 9.11. The molecule has 2 fully saturated rings. The molecule has 0 bridgehead atoms. The molecule has 2 saturated heterocycles. The van der Waals surface area contributed by atoms with E-state index >= 15 is 0 Å². The van der Waals surface area contributed by atoms with Gasteiger partial charge in [-0.05, 0) is 67.3 Å². The lowest BCUT2D eigenvalue weighted by Crippen LogP contribution is -2.52. The summed E-state index contributed by atoms with van der Waals surface area (Å²) >= 11 is 6.50. The molecular formula is C39H43ClN8O9. The minimum Gasteiger partial charge on any atom is -0.491 e. The number of likely N-dealkylation sites (N-methyl/N-ethyl adjacent to an activating group) is 1. The number of fused-ring (bicyclic) bond motifs is 2. The lowest BCUT2D eigenvalue weighted by Gasteiger charge is -2.32. The molecule has 300 valence electrons. The van der Waals surface area contributed by atoms with Gasteiger partial charge in [0, 0.05) is 56.8 Å². The molecule has 18 heteroatoms.